The van der Waals surface area contributed by atoms with Crippen LogP contribution in [0, 0.1) is 11.8 Å². The summed E-state index contributed by atoms with van der Waals surface area (Å²) in [6.07, 6.45) is 0.851. The highest BCUT2D eigenvalue weighted by molar-refractivity contribution is 6.31. The third-order valence-corrected chi connectivity index (χ3v) is 6.40. The second kappa shape index (κ2) is 6.31. The lowest BCUT2D eigenvalue weighted by molar-refractivity contribution is -0.133. The summed E-state index contributed by atoms with van der Waals surface area (Å²) >= 11 is 12.2. The molecule has 0 amide bonds. The van der Waals surface area contributed by atoms with Crippen LogP contribution >= 0.6 is 23.2 Å². The molecule has 2 aliphatic carbocycles. The van der Waals surface area contributed by atoms with E-state index in [0.717, 1.165) is 11.1 Å². The minimum Gasteiger partial charge on any atom is -0.292 e. The van der Waals surface area contributed by atoms with Gasteiger partial charge in [0.25, 0.3) is 0 Å². The molecule has 2 aliphatic rings. The molecule has 4 rings (SSSR count). The Bertz CT molecular complexity index is 801. The van der Waals surface area contributed by atoms with Crippen LogP contribution in [0.3, 0.4) is 0 Å². The minimum atomic E-state index is -2.07. The number of rotatable bonds is 6. The fraction of sp³-hybridized carbons (Fsp3) is 0.381. The average Bonchev–Trinajstić information content (AvgIpc) is 3.48. The van der Waals surface area contributed by atoms with Crippen molar-refractivity contribution in [3.05, 3.63) is 69.7 Å². The van der Waals surface area contributed by atoms with Crippen molar-refractivity contribution in [3.8, 4) is 0 Å². The smallest absolute Gasteiger partial charge is 0.207 e. The fourth-order valence-electron chi connectivity index (χ4n) is 3.83. The van der Waals surface area contributed by atoms with Crippen LogP contribution < -0.4 is 0 Å². The summed E-state index contributed by atoms with van der Waals surface area (Å²) in [6, 6.07) is 14.3. The van der Waals surface area contributed by atoms with Gasteiger partial charge in [0, 0.05) is 21.9 Å². The monoisotopic (exact) mass is 394 g/mol. The van der Waals surface area contributed by atoms with Crippen molar-refractivity contribution in [2.24, 2.45) is 11.8 Å². The molecule has 2 aromatic carbocycles. The van der Waals surface area contributed by atoms with Gasteiger partial charge in [0.1, 0.15) is 0 Å². The first kappa shape index (κ1) is 17.9. The van der Waals surface area contributed by atoms with Crippen molar-refractivity contribution in [1.29, 1.82) is 0 Å². The highest BCUT2D eigenvalue weighted by atomic mass is 35.5. The maximum absolute atomic E-state index is 15.0. The Hall–Kier alpha value is -1.45. The van der Waals surface area contributed by atoms with Crippen LogP contribution in [-0.2, 0) is 17.6 Å². The van der Waals surface area contributed by atoms with Crippen molar-refractivity contribution in [2.45, 2.75) is 37.0 Å². The Labute approximate surface area is 161 Å². The number of alkyl halides is 2. The molecule has 0 spiro atoms. The number of halogens is 4. The van der Waals surface area contributed by atoms with E-state index in [-0.39, 0.29) is 12.8 Å². The highest BCUT2D eigenvalue weighted by Gasteiger charge is 2.73. The van der Waals surface area contributed by atoms with Gasteiger partial charge in [-0.15, -0.1) is 0 Å². The van der Waals surface area contributed by atoms with Gasteiger partial charge >= 0.3 is 0 Å². The van der Waals surface area contributed by atoms with Gasteiger partial charge in [-0.25, -0.2) is 8.78 Å². The van der Waals surface area contributed by atoms with Gasteiger partial charge in [0.15, 0.2) is 11.3 Å². The molecular weight excluding hydrogens is 377 g/mol. The van der Waals surface area contributed by atoms with Crippen molar-refractivity contribution in [1.82, 2.24) is 0 Å². The van der Waals surface area contributed by atoms with Crippen molar-refractivity contribution < 1.29 is 13.6 Å². The zero-order valence-electron chi connectivity index (χ0n) is 14.0. The summed E-state index contributed by atoms with van der Waals surface area (Å²) in [6.45, 7) is 0. The van der Waals surface area contributed by atoms with Gasteiger partial charge in [0.2, 0.25) is 5.78 Å². The minimum absolute atomic E-state index is 0.0710. The van der Waals surface area contributed by atoms with E-state index in [1.807, 2.05) is 24.3 Å². The third-order valence-electron chi connectivity index (χ3n) is 5.66. The van der Waals surface area contributed by atoms with Crippen molar-refractivity contribution in [2.75, 3.05) is 0 Å². The molecular formula is C21H18Cl2F2O. The van der Waals surface area contributed by atoms with E-state index in [4.69, 9.17) is 23.2 Å². The van der Waals surface area contributed by atoms with E-state index < -0.39 is 29.0 Å². The quantitative estimate of drug-likeness (QED) is 0.604. The zero-order valence-corrected chi connectivity index (χ0v) is 15.5. The largest absolute Gasteiger partial charge is 0.292 e. The van der Waals surface area contributed by atoms with Gasteiger partial charge in [-0.1, -0.05) is 59.6 Å². The Kier molecular flexibility index (Phi) is 4.36. The highest BCUT2D eigenvalue weighted by Crippen LogP contribution is 2.60. The molecule has 4 atom stereocenters. The van der Waals surface area contributed by atoms with Crippen LogP contribution in [0.2, 0.25) is 10.0 Å². The predicted octanol–water partition coefficient (Wildman–Crippen LogP) is 5.80. The lowest BCUT2D eigenvalue weighted by atomic mass is 9.99. The molecule has 4 unspecified atom stereocenters. The molecule has 0 radical (unpaired) electrons. The molecule has 2 fully saturated rings. The molecule has 0 bridgehead atoms. The van der Waals surface area contributed by atoms with Gasteiger partial charge in [-0.2, -0.15) is 0 Å². The topological polar surface area (TPSA) is 17.1 Å². The number of carbonyl (C=O) groups is 1. The number of hydrogen-bond acceptors (Lipinski definition) is 1. The Morgan fingerprint density at radius 3 is 1.62 bits per heavy atom. The molecule has 0 N–H and O–H groups in total. The van der Waals surface area contributed by atoms with Crippen molar-refractivity contribution in [3.63, 3.8) is 0 Å². The second-order valence-electron chi connectivity index (χ2n) is 7.45. The Morgan fingerprint density at radius 2 is 1.23 bits per heavy atom. The SMILES string of the molecule is O=C(C1(F)CC1Cc1ccccc1Cl)C1(F)CC1Cc1ccccc1Cl. The number of carbonyl (C=O) groups excluding carboxylic acids is 1. The molecule has 5 heteroatoms. The summed E-state index contributed by atoms with van der Waals surface area (Å²) in [5.41, 5.74) is -2.54. The van der Waals surface area contributed by atoms with Gasteiger partial charge in [-0.05, 0) is 48.9 Å². The lowest BCUT2D eigenvalue weighted by Crippen LogP contribution is -2.33. The standard InChI is InChI=1S/C21H18Cl2F2O/c22-17-7-3-1-5-13(17)9-15-11-20(15,24)19(26)21(25)12-16(21)10-14-6-2-4-8-18(14)23/h1-8,15-16H,9-12H2. The molecule has 0 saturated heterocycles. The maximum atomic E-state index is 15.0. The predicted molar refractivity (Wildman–Crippen MR) is 99.2 cm³/mol. The van der Waals surface area contributed by atoms with Crippen LogP contribution in [0.1, 0.15) is 24.0 Å². The van der Waals surface area contributed by atoms with E-state index in [0.29, 0.717) is 22.9 Å². The summed E-state index contributed by atoms with van der Waals surface area (Å²) in [4.78, 5) is 12.6. The average molecular weight is 395 g/mol. The molecule has 0 aromatic heterocycles. The number of Topliss-reactive ketones (excluding diaryl/α,β-unsaturated/α-hetero) is 1. The first-order valence-electron chi connectivity index (χ1n) is 8.74. The molecule has 0 heterocycles. The molecule has 136 valence electrons. The first-order valence-corrected chi connectivity index (χ1v) is 9.50. The van der Waals surface area contributed by atoms with E-state index in [1.165, 1.54) is 0 Å². The number of ketones is 1. The van der Waals surface area contributed by atoms with Crippen LogP contribution in [-0.4, -0.2) is 17.1 Å². The van der Waals surface area contributed by atoms with E-state index >= 15 is 8.78 Å². The fourth-order valence-corrected chi connectivity index (χ4v) is 4.25. The third kappa shape index (κ3) is 3.05. The van der Waals surface area contributed by atoms with Gasteiger partial charge in [-0.3, -0.25) is 4.79 Å². The maximum Gasteiger partial charge on any atom is 0.207 e. The summed E-state index contributed by atoms with van der Waals surface area (Å²) < 4.78 is 30.1. The van der Waals surface area contributed by atoms with Crippen LogP contribution in [0.4, 0.5) is 8.78 Å². The van der Waals surface area contributed by atoms with Crippen molar-refractivity contribution >= 4 is 29.0 Å². The first-order chi connectivity index (χ1) is 12.3. The molecule has 2 aromatic rings. The summed E-state index contributed by atoms with van der Waals surface area (Å²) in [5.74, 6) is -1.88. The lowest BCUT2D eigenvalue weighted by Gasteiger charge is -2.12. The molecule has 1 nitrogen and oxygen atoms in total. The molecule has 26 heavy (non-hydrogen) atoms. The van der Waals surface area contributed by atoms with E-state index in [1.54, 1.807) is 24.3 Å². The Balaban J connectivity index is 1.42. The van der Waals surface area contributed by atoms with Gasteiger partial charge in [0.05, 0.1) is 0 Å². The molecule has 2 saturated carbocycles. The van der Waals surface area contributed by atoms with E-state index in [9.17, 15) is 4.79 Å². The second-order valence-corrected chi connectivity index (χ2v) is 8.26. The zero-order chi connectivity index (χ0) is 18.5. The van der Waals surface area contributed by atoms with Gasteiger partial charge < -0.3 is 0 Å². The van der Waals surface area contributed by atoms with Crippen LogP contribution in [0.15, 0.2) is 48.5 Å². The summed E-state index contributed by atoms with van der Waals surface area (Å²) in [5, 5.41) is 1.10. The van der Waals surface area contributed by atoms with E-state index in [2.05, 4.69) is 0 Å². The van der Waals surface area contributed by atoms with Crippen LogP contribution in [0.5, 0.6) is 0 Å². The molecule has 0 aliphatic heterocycles. The normalized spacial score (nSPS) is 32.3. The summed E-state index contributed by atoms with van der Waals surface area (Å²) in [7, 11) is 0. The number of hydrogen-bond donors (Lipinski definition) is 0. The van der Waals surface area contributed by atoms with Crippen LogP contribution in [0.25, 0.3) is 0 Å². The number of benzene rings is 2. The Morgan fingerprint density at radius 1 is 0.846 bits per heavy atom.